The Morgan fingerprint density at radius 3 is 3.00 bits per heavy atom. The first-order chi connectivity index (χ1) is 9.72. The molecule has 1 unspecified atom stereocenters. The van der Waals surface area contributed by atoms with Crippen LogP contribution in [0.1, 0.15) is 35.7 Å². The summed E-state index contributed by atoms with van der Waals surface area (Å²) >= 11 is 5.84. The van der Waals surface area contributed by atoms with Gasteiger partial charge < -0.3 is 5.32 Å². The zero-order valence-electron chi connectivity index (χ0n) is 11.0. The first-order valence-electron chi connectivity index (χ1n) is 6.78. The van der Waals surface area contributed by atoms with E-state index >= 15 is 0 Å². The van der Waals surface area contributed by atoms with Gasteiger partial charge in [-0.3, -0.25) is 9.89 Å². The summed E-state index contributed by atoms with van der Waals surface area (Å²) < 4.78 is 0. The minimum atomic E-state index is 0.0276. The summed E-state index contributed by atoms with van der Waals surface area (Å²) in [6.07, 6.45) is 5.30. The minimum absolute atomic E-state index is 0.0276. The van der Waals surface area contributed by atoms with Gasteiger partial charge >= 0.3 is 0 Å². The van der Waals surface area contributed by atoms with Gasteiger partial charge in [-0.1, -0.05) is 23.7 Å². The van der Waals surface area contributed by atoms with Crippen molar-refractivity contribution in [3.05, 3.63) is 52.3 Å². The number of aryl methyl sites for hydroxylation is 1. The van der Waals surface area contributed by atoms with Crippen molar-refractivity contribution in [3.63, 3.8) is 0 Å². The Labute approximate surface area is 122 Å². The molecule has 0 saturated carbocycles. The monoisotopic (exact) mass is 289 g/mol. The molecule has 1 amide bonds. The number of carbonyl (C=O) groups is 1. The van der Waals surface area contributed by atoms with Gasteiger partial charge in [0.2, 0.25) is 5.91 Å². The molecular weight excluding hydrogens is 274 g/mol. The standard InChI is InChI=1S/C15H16ClN3O/c16-12-6-4-10(5-7-12)8-14(20)18-13-3-1-2-11-9-17-19-15(11)13/h4-7,9,13H,1-3,8H2,(H,17,19)(H,18,20). The fraction of sp³-hybridized carbons (Fsp3) is 0.333. The van der Waals surface area contributed by atoms with Crippen LogP contribution in [0, 0.1) is 0 Å². The van der Waals surface area contributed by atoms with Crippen molar-refractivity contribution < 1.29 is 4.79 Å². The van der Waals surface area contributed by atoms with Gasteiger partial charge in [0, 0.05) is 5.02 Å². The Balaban J connectivity index is 1.64. The maximum Gasteiger partial charge on any atom is 0.224 e. The maximum absolute atomic E-state index is 12.1. The molecule has 1 heterocycles. The van der Waals surface area contributed by atoms with Crippen LogP contribution in [0.2, 0.25) is 5.02 Å². The molecule has 2 aromatic rings. The summed E-state index contributed by atoms with van der Waals surface area (Å²) in [5, 5.41) is 10.8. The molecule has 1 aromatic carbocycles. The number of hydrogen-bond donors (Lipinski definition) is 2. The lowest BCUT2D eigenvalue weighted by Crippen LogP contribution is -2.32. The molecule has 0 bridgehead atoms. The predicted molar refractivity (Wildman–Crippen MR) is 77.6 cm³/mol. The molecule has 4 nitrogen and oxygen atoms in total. The first-order valence-corrected chi connectivity index (χ1v) is 7.16. The van der Waals surface area contributed by atoms with Crippen LogP contribution < -0.4 is 5.32 Å². The van der Waals surface area contributed by atoms with Gasteiger partial charge in [0.1, 0.15) is 0 Å². The highest BCUT2D eigenvalue weighted by Crippen LogP contribution is 2.27. The number of benzene rings is 1. The van der Waals surface area contributed by atoms with Gasteiger partial charge in [0.15, 0.2) is 0 Å². The number of halogens is 1. The fourth-order valence-electron chi connectivity index (χ4n) is 2.64. The van der Waals surface area contributed by atoms with Crippen molar-refractivity contribution in [2.24, 2.45) is 0 Å². The van der Waals surface area contributed by atoms with Gasteiger partial charge in [0.25, 0.3) is 0 Å². The van der Waals surface area contributed by atoms with Crippen molar-refractivity contribution in [1.82, 2.24) is 15.5 Å². The lowest BCUT2D eigenvalue weighted by molar-refractivity contribution is -0.121. The molecule has 0 aliphatic heterocycles. The smallest absolute Gasteiger partial charge is 0.224 e. The molecule has 104 valence electrons. The SMILES string of the molecule is O=C(Cc1ccc(Cl)cc1)NC1CCCc2cn[nH]c21. The van der Waals surface area contributed by atoms with Gasteiger partial charge in [-0.05, 0) is 42.5 Å². The second-order valence-corrected chi connectivity index (χ2v) is 5.56. The Kier molecular flexibility index (Phi) is 3.74. The van der Waals surface area contributed by atoms with E-state index in [0.717, 1.165) is 30.5 Å². The van der Waals surface area contributed by atoms with Crippen LogP contribution in [-0.2, 0) is 17.6 Å². The van der Waals surface area contributed by atoms with Crippen molar-refractivity contribution in [2.45, 2.75) is 31.7 Å². The lowest BCUT2D eigenvalue weighted by atomic mass is 9.93. The number of amides is 1. The number of nitrogens with zero attached hydrogens (tertiary/aromatic N) is 1. The largest absolute Gasteiger partial charge is 0.347 e. The van der Waals surface area contributed by atoms with Crippen LogP contribution in [0.4, 0.5) is 0 Å². The molecule has 3 rings (SSSR count). The highest BCUT2D eigenvalue weighted by molar-refractivity contribution is 6.30. The summed E-state index contributed by atoms with van der Waals surface area (Å²) in [6.45, 7) is 0. The zero-order valence-corrected chi connectivity index (χ0v) is 11.8. The quantitative estimate of drug-likeness (QED) is 0.913. The van der Waals surface area contributed by atoms with E-state index in [2.05, 4.69) is 15.5 Å². The summed E-state index contributed by atoms with van der Waals surface area (Å²) in [4.78, 5) is 12.1. The summed E-state index contributed by atoms with van der Waals surface area (Å²) in [5.74, 6) is 0.0276. The number of aromatic nitrogens is 2. The Morgan fingerprint density at radius 1 is 1.40 bits per heavy atom. The number of carbonyl (C=O) groups excluding carboxylic acids is 1. The van der Waals surface area contributed by atoms with Crippen molar-refractivity contribution in [1.29, 1.82) is 0 Å². The molecule has 0 saturated heterocycles. The minimum Gasteiger partial charge on any atom is -0.347 e. The molecule has 1 aromatic heterocycles. The van der Waals surface area contributed by atoms with Crippen LogP contribution in [0.25, 0.3) is 0 Å². The third kappa shape index (κ3) is 2.85. The van der Waals surface area contributed by atoms with Gasteiger partial charge in [-0.25, -0.2) is 0 Å². The van der Waals surface area contributed by atoms with Crippen LogP contribution in [0.3, 0.4) is 0 Å². The third-order valence-electron chi connectivity index (χ3n) is 3.65. The van der Waals surface area contributed by atoms with E-state index in [1.807, 2.05) is 18.3 Å². The number of nitrogens with one attached hydrogen (secondary N) is 2. The molecule has 1 atom stereocenters. The third-order valence-corrected chi connectivity index (χ3v) is 3.90. The number of fused-ring (bicyclic) bond motifs is 1. The van der Waals surface area contributed by atoms with E-state index in [9.17, 15) is 4.79 Å². The number of H-pyrrole nitrogens is 1. The number of rotatable bonds is 3. The second-order valence-electron chi connectivity index (χ2n) is 5.12. The summed E-state index contributed by atoms with van der Waals surface area (Å²) in [7, 11) is 0. The normalized spacial score (nSPS) is 17.6. The lowest BCUT2D eigenvalue weighted by Gasteiger charge is -2.22. The number of aromatic amines is 1. The highest BCUT2D eigenvalue weighted by atomic mass is 35.5. The molecule has 1 aliphatic carbocycles. The first kappa shape index (κ1) is 13.2. The van der Waals surface area contributed by atoms with Crippen LogP contribution in [-0.4, -0.2) is 16.1 Å². The van der Waals surface area contributed by atoms with Gasteiger partial charge in [-0.2, -0.15) is 5.10 Å². The molecule has 5 heteroatoms. The summed E-state index contributed by atoms with van der Waals surface area (Å²) in [6, 6.07) is 7.42. The Bertz CT molecular complexity index is 606. The van der Waals surface area contributed by atoms with E-state index in [4.69, 9.17) is 11.6 Å². The van der Waals surface area contributed by atoms with Crippen molar-refractivity contribution in [2.75, 3.05) is 0 Å². The topological polar surface area (TPSA) is 57.8 Å². The van der Waals surface area contributed by atoms with Crippen molar-refractivity contribution >= 4 is 17.5 Å². The molecule has 1 aliphatic rings. The van der Waals surface area contributed by atoms with Gasteiger partial charge in [0.05, 0.1) is 24.4 Å². The molecule has 0 fully saturated rings. The summed E-state index contributed by atoms with van der Waals surface area (Å²) in [5.41, 5.74) is 3.24. The highest BCUT2D eigenvalue weighted by Gasteiger charge is 2.23. The molecule has 0 spiro atoms. The molecular formula is C15H16ClN3O. The molecule has 2 N–H and O–H groups in total. The maximum atomic E-state index is 12.1. The van der Waals surface area contributed by atoms with Gasteiger partial charge in [-0.15, -0.1) is 0 Å². The van der Waals surface area contributed by atoms with Crippen LogP contribution in [0.15, 0.2) is 30.5 Å². The van der Waals surface area contributed by atoms with E-state index in [1.165, 1.54) is 5.56 Å². The fourth-order valence-corrected chi connectivity index (χ4v) is 2.77. The Hall–Kier alpha value is -1.81. The van der Waals surface area contributed by atoms with E-state index in [1.54, 1.807) is 12.1 Å². The average Bonchev–Trinajstić information content (AvgIpc) is 2.91. The van der Waals surface area contributed by atoms with E-state index < -0.39 is 0 Å². The van der Waals surface area contributed by atoms with Crippen LogP contribution in [0.5, 0.6) is 0 Å². The average molecular weight is 290 g/mol. The predicted octanol–water partition coefficient (Wildman–Crippen LogP) is 2.80. The van der Waals surface area contributed by atoms with Crippen LogP contribution >= 0.6 is 11.6 Å². The van der Waals surface area contributed by atoms with E-state index in [0.29, 0.717) is 11.4 Å². The number of hydrogen-bond acceptors (Lipinski definition) is 2. The Morgan fingerprint density at radius 2 is 2.20 bits per heavy atom. The molecule has 20 heavy (non-hydrogen) atoms. The van der Waals surface area contributed by atoms with E-state index in [-0.39, 0.29) is 11.9 Å². The zero-order chi connectivity index (χ0) is 13.9. The second kappa shape index (κ2) is 5.67. The van der Waals surface area contributed by atoms with Crippen molar-refractivity contribution in [3.8, 4) is 0 Å². The molecule has 0 radical (unpaired) electrons.